The summed E-state index contributed by atoms with van der Waals surface area (Å²) in [7, 11) is 2.96. The Morgan fingerprint density at radius 1 is 0.892 bits per heavy atom. The molecule has 2 aromatic carbocycles. The van der Waals surface area contributed by atoms with E-state index in [-0.39, 0.29) is 23.8 Å². The Bertz CT molecular complexity index is 1170. The van der Waals surface area contributed by atoms with Crippen LogP contribution in [-0.4, -0.2) is 93.0 Å². The van der Waals surface area contributed by atoms with E-state index in [2.05, 4.69) is 16.7 Å². The highest BCUT2D eigenvalue weighted by molar-refractivity contribution is 6.22. The highest BCUT2D eigenvalue weighted by Gasteiger charge is 2.43. The van der Waals surface area contributed by atoms with E-state index >= 15 is 0 Å². The van der Waals surface area contributed by atoms with Gasteiger partial charge in [-0.3, -0.25) is 19.3 Å². The van der Waals surface area contributed by atoms with E-state index in [0.29, 0.717) is 22.7 Å². The number of likely N-dealkylation sites (N-methyl/N-ethyl adjacent to an activating group) is 1. The van der Waals surface area contributed by atoms with Crippen LogP contribution in [0, 0.1) is 0 Å². The van der Waals surface area contributed by atoms with Crippen LogP contribution >= 0.6 is 0 Å². The van der Waals surface area contributed by atoms with Gasteiger partial charge in [-0.15, -0.1) is 0 Å². The van der Waals surface area contributed by atoms with Gasteiger partial charge in [0.2, 0.25) is 5.91 Å². The number of esters is 1. The summed E-state index contributed by atoms with van der Waals surface area (Å²) in [6, 6.07) is 10.3. The summed E-state index contributed by atoms with van der Waals surface area (Å²) in [6.07, 6.45) is 0.146. The molecule has 2 heterocycles. The molecule has 0 spiro atoms. The second-order valence-corrected chi connectivity index (χ2v) is 8.87. The third-order valence-corrected chi connectivity index (χ3v) is 6.82. The fourth-order valence-electron chi connectivity index (χ4n) is 4.62. The molecule has 37 heavy (non-hydrogen) atoms. The molecule has 2 fully saturated rings. The Kier molecular flexibility index (Phi) is 8.20. The van der Waals surface area contributed by atoms with Crippen LogP contribution in [0.15, 0.2) is 42.5 Å². The van der Waals surface area contributed by atoms with E-state index in [4.69, 9.17) is 14.2 Å². The number of anilines is 1. The van der Waals surface area contributed by atoms with E-state index < -0.39 is 24.4 Å². The molecular formula is C27H31N3O7. The van der Waals surface area contributed by atoms with Crippen LogP contribution in [0.4, 0.5) is 5.69 Å². The summed E-state index contributed by atoms with van der Waals surface area (Å²) < 4.78 is 15.5. The minimum atomic E-state index is -0.689. The Morgan fingerprint density at radius 2 is 1.54 bits per heavy atom. The topological polar surface area (TPSA) is 106 Å². The smallest absolute Gasteiger partial charge is 0.338 e. The minimum Gasteiger partial charge on any atom is -0.493 e. The molecule has 0 aromatic heterocycles. The van der Waals surface area contributed by atoms with Gasteiger partial charge in [0.05, 0.1) is 37.9 Å². The van der Waals surface area contributed by atoms with Gasteiger partial charge in [0, 0.05) is 31.7 Å². The number of hydrogen-bond donors (Lipinski definition) is 0. The van der Waals surface area contributed by atoms with Crippen LogP contribution < -0.4 is 14.4 Å². The van der Waals surface area contributed by atoms with E-state index in [0.717, 1.165) is 32.7 Å². The second kappa shape index (κ2) is 11.5. The van der Waals surface area contributed by atoms with E-state index in [1.807, 2.05) is 0 Å². The van der Waals surface area contributed by atoms with Crippen molar-refractivity contribution in [2.45, 2.75) is 19.4 Å². The zero-order chi connectivity index (χ0) is 26.5. The van der Waals surface area contributed by atoms with Crippen molar-refractivity contribution >= 4 is 29.3 Å². The summed E-state index contributed by atoms with van der Waals surface area (Å²) in [6.45, 7) is 5.87. The first-order chi connectivity index (χ1) is 17.9. The highest BCUT2D eigenvalue weighted by Crippen LogP contribution is 2.28. The first-order valence-electron chi connectivity index (χ1n) is 12.2. The highest BCUT2D eigenvalue weighted by atomic mass is 16.5. The lowest BCUT2D eigenvalue weighted by Gasteiger charge is -2.36. The molecule has 0 N–H and O–H groups in total. The number of piperazine rings is 1. The molecule has 1 unspecified atom stereocenters. The quantitative estimate of drug-likeness (QED) is 0.285. The Labute approximate surface area is 215 Å². The van der Waals surface area contributed by atoms with Crippen LogP contribution in [0.25, 0.3) is 0 Å². The fourth-order valence-corrected chi connectivity index (χ4v) is 4.62. The number of nitrogens with zero attached hydrogens (tertiary/aromatic N) is 3. The number of carbonyl (C=O) groups is 4. The van der Waals surface area contributed by atoms with Gasteiger partial charge in [0.25, 0.3) is 5.91 Å². The van der Waals surface area contributed by atoms with Crippen molar-refractivity contribution in [2.75, 3.05) is 58.5 Å². The number of imide groups is 1. The number of amides is 2. The lowest BCUT2D eigenvalue weighted by molar-refractivity contribution is -0.123. The molecule has 2 aromatic rings. The number of Topliss-reactive ketones (excluding diaryl/α,β-unsaturated/α-hetero) is 1. The van der Waals surface area contributed by atoms with Crippen LogP contribution in [-0.2, 0) is 14.3 Å². The number of hydrogen-bond acceptors (Lipinski definition) is 9. The van der Waals surface area contributed by atoms with Crippen LogP contribution in [0.2, 0.25) is 0 Å². The third-order valence-electron chi connectivity index (χ3n) is 6.82. The number of ketones is 1. The van der Waals surface area contributed by atoms with Crippen LogP contribution in [0.5, 0.6) is 11.5 Å². The zero-order valence-corrected chi connectivity index (χ0v) is 21.3. The molecular weight excluding hydrogens is 478 g/mol. The van der Waals surface area contributed by atoms with Gasteiger partial charge >= 0.3 is 5.97 Å². The predicted molar refractivity (Wildman–Crippen MR) is 135 cm³/mol. The van der Waals surface area contributed by atoms with Crippen molar-refractivity contribution in [1.82, 2.24) is 9.80 Å². The van der Waals surface area contributed by atoms with Crippen molar-refractivity contribution < 1.29 is 33.4 Å². The molecule has 10 nitrogen and oxygen atoms in total. The lowest BCUT2D eigenvalue weighted by atomic mass is 10.1. The van der Waals surface area contributed by atoms with Gasteiger partial charge in [0.15, 0.2) is 23.9 Å². The third kappa shape index (κ3) is 5.65. The number of carbonyl (C=O) groups excluding carboxylic acids is 4. The Hall–Kier alpha value is -3.76. The standard InChI is InChI=1S/C27H31N3O7/c1-4-28-11-13-29(14-12-28)21-16-25(32)30(26(21)33)20-8-5-18(6-9-20)27(34)37-17-22(31)19-7-10-23(35-2)24(15-19)36-3/h5-10,15,21H,4,11-14,16-17H2,1-3H3. The van der Waals surface area contributed by atoms with E-state index in [9.17, 15) is 19.2 Å². The Balaban J connectivity index is 1.35. The summed E-state index contributed by atoms with van der Waals surface area (Å²) in [5.74, 6) is -0.714. The molecule has 2 aliphatic rings. The number of rotatable bonds is 9. The van der Waals surface area contributed by atoms with Gasteiger partial charge in [-0.25, -0.2) is 9.69 Å². The van der Waals surface area contributed by atoms with Gasteiger partial charge < -0.3 is 19.1 Å². The zero-order valence-electron chi connectivity index (χ0n) is 21.3. The van der Waals surface area contributed by atoms with Crippen molar-refractivity contribution in [3.63, 3.8) is 0 Å². The van der Waals surface area contributed by atoms with Gasteiger partial charge in [0.1, 0.15) is 0 Å². The molecule has 0 saturated carbocycles. The minimum absolute atomic E-state index is 0.146. The molecule has 1 atom stereocenters. The number of methoxy groups -OCH3 is 2. The van der Waals surface area contributed by atoms with Gasteiger partial charge in [-0.1, -0.05) is 6.92 Å². The SMILES string of the molecule is CCN1CCN(C2CC(=O)N(c3ccc(C(=O)OCC(=O)c4ccc(OC)c(OC)c4)cc3)C2=O)CC1. The summed E-state index contributed by atoms with van der Waals surface area (Å²) >= 11 is 0. The van der Waals surface area contributed by atoms with Gasteiger partial charge in [-0.05, 0) is 49.0 Å². The molecule has 2 saturated heterocycles. The largest absolute Gasteiger partial charge is 0.493 e. The van der Waals surface area contributed by atoms with Crippen molar-refractivity contribution in [2.24, 2.45) is 0 Å². The molecule has 196 valence electrons. The van der Waals surface area contributed by atoms with Crippen molar-refractivity contribution in [3.05, 3.63) is 53.6 Å². The summed E-state index contributed by atoms with van der Waals surface area (Å²) in [4.78, 5) is 56.3. The fraction of sp³-hybridized carbons (Fsp3) is 0.407. The van der Waals surface area contributed by atoms with Crippen molar-refractivity contribution in [1.29, 1.82) is 0 Å². The molecule has 0 radical (unpaired) electrons. The van der Waals surface area contributed by atoms with Crippen molar-refractivity contribution in [3.8, 4) is 11.5 Å². The lowest BCUT2D eigenvalue weighted by Crippen LogP contribution is -2.52. The average molecular weight is 510 g/mol. The normalized spacial score (nSPS) is 18.7. The molecule has 0 aliphatic carbocycles. The van der Waals surface area contributed by atoms with E-state index in [1.165, 1.54) is 37.3 Å². The number of ether oxygens (including phenoxy) is 3. The molecule has 2 amide bonds. The second-order valence-electron chi connectivity index (χ2n) is 8.87. The summed E-state index contributed by atoms with van der Waals surface area (Å²) in [5, 5.41) is 0. The van der Waals surface area contributed by atoms with Gasteiger partial charge in [-0.2, -0.15) is 0 Å². The van der Waals surface area contributed by atoms with Crippen LogP contribution in [0.1, 0.15) is 34.1 Å². The number of benzene rings is 2. The monoisotopic (exact) mass is 509 g/mol. The molecule has 10 heteroatoms. The maximum Gasteiger partial charge on any atom is 0.338 e. The maximum atomic E-state index is 13.1. The molecule has 4 rings (SSSR count). The first-order valence-corrected chi connectivity index (χ1v) is 12.2. The average Bonchev–Trinajstić information content (AvgIpc) is 3.24. The predicted octanol–water partition coefficient (Wildman–Crippen LogP) is 2.01. The maximum absolute atomic E-state index is 13.1. The Morgan fingerprint density at radius 3 is 2.16 bits per heavy atom. The molecule has 2 aliphatic heterocycles. The summed E-state index contributed by atoms with van der Waals surface area (Å²) in [5.41, 5.74) is 0.926. The molecule has 0 bridgehead atoms. The van der Waals surface area contributed by atoms with Crippen LogP contribution in [0.3, 0.4) is 0 Å². The van der Waals surface area contributed by atoms with E-state index in [1.54, 1.807) is 24.3 Å². The first kappa shape index (κ1) is 26.3.